The maximum Gasteiger partial charge on any atom is 0.326 e. The van der Waals surface area contributed by atoms with Crippen LogP contribution in [0, 0.1) is 0 Å². The molecule has 0 aliphatic heterocycles. The Morgan fingerprint density at radius 1 is 1.29 bits per heavy atom. The minimum absolute atomic E-state index is 0.358. The first-order valence-electron chi connectivity index (χ1n) is 6.08. The largest absolute Gasteiger partial charge is 0.468 e. The number of methoxy groups -OCH3 is 1. The van der Waals surface area contributed by atoms with E-state index in [0.29, 0.717) is 6.54 Å². The number of esters is 1. The van der Waals surface area contributed by atoms with E-state index < -0.39 is 5.54 Å². The van der Waals surface area contributed by atoms with Gasteiger partial charge in [0.25, 0.3) is 0 Å². The van der Waals surface area contributed by atoms with E-state index in [-0.39, 0.29) is 5.97 Å². The summed E-state index contributed by atoms with van der Waals surface area (Å²) in [6.45, 7) is 7.17. The van der Waals surface area contributed by atoms with Gasteiger partial charge in [0.15, 0.2) is 0 Å². The van der Waals surface area contributed by atoms with Gasteiger partial charge in [-0.1, -0.05) is 6.92 Å². The van der Waals surface area contributed by atoms with Crippen LogP contribution in [0.2, 0.25) is 0 Å². The Balaban J connectivity index is 4.36. The number of carbonyl (C=O) groups is 1. The number of hydrogen-bond acceptors (Lipinski definition) is 5. The van der Waals surface area contributed by atoms with Crippen molar-refractivity contribution >= 4 is 5.97 Å². The third-order valence-electron chi connectivity index (χ3n) is 2.61. The zero-order valence-electron chi connectivity index (χ0n) is 11.8. The predicted octanol–water partition coefficient (Wildman–Crippen LogP) is 0.150. The molecule has 0 aromatic heterocycles. The zero-order valence-corrected chi connectivity index (χ0v) is 11.8. The molecule has 0 amide bonds. The first kappa shape index (κ1) is 16.4. The SMILES string of the molecule is CCCN(CCN(C)C)CC(C)(N)C(=O)OC. The van der Waals surface area contributed by atoms with Crippen molar-refractivity contribution in [1.82, 2.24) is 9.80 Å². The van der Waals surface area contributed by atoms with E-state index in [1.54, 1.807) is 6.92 Å². The summed E-state index contributed by atoms with van der Waals surface area (Å²) in [5, 5.41) is 0. The van der Waals surface area contributed by atoms with Crippen molar-refractivity contribution in [1.29, 1.82) is 0 Å². The Morgan fingerprint density at radius 3 is 2.29 bits per heavy atom. The monoisotopic (exact) mass is 245 g/mol. The highest BCUT2D eigenvalue weighted by Crippen LogP contribution is 2.06. The summed E-state index contributed by atoms with van der Waals surface area (Å²) >= 11 is 0. The fraction of sp³-hybridized carbons (Fsp3) is 0.917. The second-order valence-electron chi connectivity index (χ2n) is 4.99. The van der Waals surface area contributed by atoms with Gasteiger partial charge in [0.1, 0.15) is 5.54 Å². The molecule has 1 atom stereocenters. The number of ether oxygens (including phenoxy) is 1. The minimum Gasteiger partial charge on any atom is -0.468 e. The fourth-order valence-corrected chi connectivity index (χ4v) is 1.69. The van der Waals surface area contributed by atoms with Crippen LogP contribution >= 0.6 is 0 Å². The van der Waals surface area contributed by atoms with Crippen LogP contribution in [0.25, 0.3) is 0 Å². The van der Waals surface area contributed by atoms with Gasteiger partial charge in [-0.05, 0) is 34.0 Å². The number of rotatable bonds is 8. The van der Waals surface area contributed by atoms with Crippen LogP contribution in [0.5, 0.6) is 0 Å². The first-order valence-corrected chi connectivity index (χ1v) is 6.08. The molecule has 0 fully saturated rings. The van der Waals surface area contributed by atoms with Crippen LogP contribution < -0.4 is 5.73 Å². The summed E-state index contributed by atoms with van der Waals surface area (Å²) in [5.41, 5.74) is 5.04. The van der Waals surface area contributed by atoms with Gasteiger partial charge in [-0.3, -0.25) is 9.69 Å². The second kappa shape index (κ2) is 7.63. The number of carbonyl (C=O) groups excluding carboxylic acids is 1. The molecule has 1 unspecified atom stereocenters. The highest BCUT2D eigenvalue weighted by atomic mass is 16.5. The number of nitrogens with two attached hydrogens (primary N) is 1. The summed E-state index contributed by atoms with van der Waals surface area (Å²) in [6, 6.07) is 0. The van der Waals surface area contributed by atoms with Gasteiger partial charge in [0, 0.05) is 19.6 Å². The molecule has 0 aromatic rings. The maximum absolute atomic E-state index is 11.5. The standard InChI is InChI=1S/C12H27N3O2/c1-6-7-15(9-8-14(3)4)10-12(2,13)11(16)17-5/h6-10,13H2,1-5H3. The van der Waals surface area contributed by atoms with Gasteiger partial charge in [0.2, 0.25) is 0 Å². The van der Waals surface area contributed by atoms with Crippen molar-refractivity contribution in [2.24, 2.45) is 5.73 Å². The molecule has 0 aliphatic carbocycles. The van der Waals surface area contributed by atoms with E-state index in [9.17, 15) is 4.79 Å². The van der Waals surface area contributed by atoms with E-state index in [2.05, 4.69) is 16.7 Å². The first-order chi connectivity index (χ1) is 7.83. The second-order valence-corrected chi connectivity index (χ2v) is 4.99. The van der Waals surface area contributed by atoms with Gasteiger partial charge in [0.05, 0.1) is 7.11 Å². The van der Waals surface area contributed by atoms with Gasteiger partial charge in [-0.25, -0.2) is 0 Å². The minimum atomic E-state index is -0.934. The molecule has 0 saturated heterocycles. The van der Waals surface area contributed by atoms with E-state index in [1.807, 2.05) is 14.1 Å². The molecule has 102 valence electrons. The molecule has 0 rings (SSSR count). The summed E-state index contributed by atoms with van der Waals surface area (Å²) < 4.78 is 4.72. The molecular weight excluding hydrogens is 218 g/mol. The van der Waals surface area contributed by atoms with Gasteiger partial charge in [-0.2, -0.15) is 0 Å². The van der Waals surface area contributed by atoms with Crippen LogP contribution in [0.1, 0.15) is 20.3 Å². The lowest BCUT2D eigenvalue weighted by atomic mass is 10.0. The molecule has 0 aromatic carbocycles. The zero-order chi connectivity index (χ0) is 13.5. The van der Waals surface area contributed by atoms with Crippen molar-refractivity contribution in [3.05, 3.63) is 0 Å². The molecule has 0 bridgehead atoms. The lowest BCUT2D eigenvalue weighted by Gasteiger charge is -2.31. The van der Waals surface area contributed by atoms with Crippen molar-refractivity contribution in [2.75, 3.05) is 47.4 Å². The van der Waals surface area contributed by atoms with Crippen molar-refractivity contribution < 1.29 is 9.53 Å². The molecule has 0 radical (unpaired) electrons. The Labute approximate surface area is 105 Å². The molecule has 0 heterocycles. The molecule has 0 saturated carbocycles. The highest BCUT2D eigenvalue weighted by Gasteiger charge is 2.31. The van der Waals surface area contributed by atoms with E-state index in [4.69, 9.17) is 10.5 Å². The quantitative estimate of drug-likeness (QED) is 0.617. The van der Waals surface area contributed by atoms with Crippen LogP contribution in [-0.4, -0.2) is 68.7 Å². The third kappa shape index (κ3) is 6.61. The molecule has 0 spiro atoms. The lowest BCUT2D eigenvalue weighted by Crippen LogP contribution is -2.55. The predicted molar refractivity (Wildman–Crippen MR) is 69.9 cm³/mol. The van der Waals surface area contributed by atoms with Crippen molar-refractivity contribution in [3.8, 4) is 0 Å². The molecule has 17 heavy (non-hydrogen) atoms. The third-order valence-corrected chi connectivity index (χ3v) is 2.61. The number of likely N-dealkylation sites (N-methyl/N-ethyl adjacent to an activating group) is 1. The fourth-order valence-electron chi connectivity index (χ4n) is 1.69. The van der Waals surface area contributed by atoms with Gasteiger partial charge in [-0.15, -0.1) is 0 Å². The average molecular weight is 245 g/mol. The molecular formula is C12H27N3O2. The van der Waals surface area contributed by atoms with E-state index in [1.165, 1.54) is 7.11 Å². The topological polar surface area (TPSA) is 58.8 Å². The Bertz CT molecular complexity index is 230. The summed E-state index contributed by atoms with van der Waals surface area (Å²) in [5.74, 6) is -0.358. The maximum atomic E-state index is 11.5. The molecule has 0 aliphatic rings. The van der Waals surface area contributed by atoms with Crippen LogP contribution in [0.3, 0.4) is 0 Å². The summed E-state index contributed by atoms with van der Waals surface area (Å²) in [6.07, 6.45) is 1.05. The van der Waals surface area contributed by atoms with Crippen LogP contribution in [0.15, 0.2) is 0 Å². The molecule has 5 heteroatoms. The number of hydrogen-bond donors (Lipinski definition) is 1. The Kier molecular flexibility index (Phi) is 7.34. The molecule has 2 N–H and O–H groups in total. The number of nitrogens with zero attached hydrogens (tertiary/aromatic N) is 2. The highest BCUT2D eigenvalue weighted by molar-refractivity contribution is 5.80. The van der Waals surface area contributed by atoms with E-state index in [0.717, 1.165) is 26.1 Å². The normalized spacial score (nSPS) is 15.1. The summed E-state index contributed by atoms with van der Waals surface area (Å²) in [4.78, 5) is 15.9. The van der Waals surface area contributed by atoms with Crippen molar-refractivity contribution in [2.45, 2.75) is 25.8 Å². The Morgan fingerprint density at radius 2 is 1.88 bits per heavy atom. The smallest absolute Gasteiger partial charge is 0.326 e. The Hall–Kier alpha value is -0.650. The van der Waals surface area contributed by atoms with Gasteiger partial charge < -0.3 is 15.4 Å². The lowest BCUT2D eigenvalue weighted by molar-refractivity contribution is -0.147. The van der Waals surface area contributed by atoms with Crippen LogP contribution in [-0.2, 0) is 9.53 Å². The van der Waals surface area contributed by atoms with Crippen LogP contribution in [0.4, 0.5) is 0 Å². The molecule has 5 nitrogen and oxygen atoms in total. The van der Waals surface area contributed by atoms with Gasteiger partial charge >= 0.3 is 5.97 Å². The average Bonchev–Trinajstić information content (AvgIpc) is 2.24. The summed E-state index contributed by atoms with van der Waals surface area (Å²) in [7, 11) is 5.44. The van der Waals surface area contributed by atoms with E-state index >= 15 is 0 Å². The van der Waals surface area contributed by atoms with Crippen molar-refractivity contribution in [3.63, 3.8) is 0 Å².